The summed E-state index contributed by atoms with van der Waals surface area (Å²) < 4.78 is 0. The van der Waals surface area contributed by atoms with E-state index in [9.17, 15) is 9.59 Å². The molecule has 0 saturated carbocycles. The van der Waals surface area contributed by atoms with E-state index in [2.05, 4.69) is 62.9 Å². The van der Waals surface area contributed by atoms with Crippen molar-refractivity contribution in [1.29, 1.82) is 0 Å². The molecule has 6 heteroatoms. The highest BCUT2D eigenvalue weighted by Crippen LogP contribution is 2.35. The lowest BCUT2D eigenvalue weighted by molar-refractivity contribution is -0.139. The first-order valence-electron chi connectivity index (χ1n) is 11.7. The van der Waals surface area contributed by atoms with Gasteiger partial charge in [-0.05, 0) is 47.7 Å². The summed E-state index contributed by atoms with van der Waals surface area (Å²) in [5.41, 5.74) is 5.84. The van der Waals surface area contributed by atoms with E-state index in [4.69, 9.17) is 0 Å². The Morgan fingerprint density at radius 2 is 1.56 bits per heavy atom. The first-order chi connectivity index (χ1) is 16.5. The van der Waals surface area contributed by atoms with Crippen LogP contribution in [0.2, 0.25) is 0 Å². The molecule has 0 spiro atoms. The van der Waals surface area contributed by atoms with Crippen LogP contribution in [0.4, 0.5) is 11.4 Å². The van der Waals surface area contributed by atoms with Crippen molar-refractivity contribution >= 4 is 23.2 Å². The summed E-state index contributed by atoms with van der Waals surface area (Å²) in [4.78, 5) is 29.3. The van der Waals surface area contributed by atoms with Crippen molar-refractivity contribution in [2.24, 2.45) is 0 Å². The lowest BCUT2D eigenvalue weighted by Crippen LogP contribution is -2.44. The Labute approximate surface area is 201 Å². The molecule has 34 heavy (non-hydrogen) atoms. The van der Waals surface area contributed by atoms with Gasteiger partial charge in [-0.1, -0.05) is 60.7 Å². The average molecular weight is 457 g/mol. The molecule has 1 aliphatic rings. The number of carbonyl (C=O) groups excluding carboxylic acids is 2. The van der Waals surface area contributed by atoms with Crippen LogP contribution in [0.15, 0.2) is 78.9 Å². The van der Waals surface area contributed by atoms with E-state index in [1.165, 1.54) is 11.3 Å². The van der Waals surface area contributed by atoms with Gasteiger partial charge in [-0.3, -0.25) is 9.59 Å². The van der Waals surface area contributed by atoms with E-state index in [0.29, 0.717) is 19.5 Å². The van der Waals surface area contributed by atoms with Crippen molar-refractivity contribution in [2.45, 2.75) is 18.9 Å². The second kappa shape index (κ2) is 10.9. The maximum atomic E-state index is 12.6. The molecule has 1 heterocycles. The standard InChI is InChI=1S/C28H32N4O2/c1-31(2)24-14-12-23(13-15-24)26(32-19-17-22-10-6-7-11-25(22)32)20-30-28(34)27(33)29-18-16-21-8-4-3-5-9-21/h3-15,26H,16-20H2,1-2H3,(H,29,33)(H,30,34). The quantitative estimate of drug-likeness (QED) is 0.511. The van der Waals surface area contributed by atoms with E-state index in [-0.39, 0.29) is 6.04 Å². The number of rotatable bonds is 8. The zero-order valence-corrected chi connectivity index (χ0v) is 19.8. The van der Waals surface area contributed by atoms with Crippen LogP contribution in [0.3, 0.4) is 0 Å². The second-order valence-corrected chi connectivity index (χ2v) is 8.78. The van der Waals surface area contributed by atoms with Crippen molar-refractivity contribution in [1.82, 2.24) is 10.6 Å². The molecule has 0 fully saturated rings. The van der Waals surface area contributed by atoms with Gasteiger partial charge in [0.2, 0.25) is 0 Å². The van der Waals surface area contributed by atoms with Gasteiger partial charge in [-0.2, -0.15) is 0 Å². The lowest BCUT2D eigenvalue weighted by Gasteiger charge is -2.31. The van der Waals surface area contributed by atoms with Gasteiger partial charge in [0.05, 0.1) is 6.04 Å². The van der Waals surface area contributed by atoms with Crippen molar-refractivity contribution in [3.63, 3.8) is 0 Å². The number of hydrogen-bond acceptors (Lipinski definition) is 4. The van der Waals surface area contributed by atoms with Crippen LogP contribution in [-0.2, 0) is 22.4 Å². The molecule has 6 nitrogen and oxygen atoms in total. The van der Waals surface area contributed by atoms with Gasteiger partial charge >= 0.3 is 11.8 Å². The fourth-order valence-electron chi connectivity index (χ4n) is 4.41. The van der Waals surface area contributed by atoms with E-state index in [1.54, 1.807) is 0 Å². The highest BCUT2D eigenvalue weighted by atomic mass is 16.2. The third kappa shape index (κ3) is 5.57. The highest BCUT2D eigenvalue weighted by molar-refractivity contribution is 6.35. The van der Waals surface area contributed by atoms with Crippen LogP contribution >= 0.6 is 0 Å². The minimum absolute atomic E-state index is 0.0686. The minimum atomic E-state index is -0.601. The number of para-hydroxylation sites is 1. The number of fused-ring (bicyclic) bond motifs is 1. The Morgan fingerprint density at radius 3 is 2.29 bits per heavy atom. The van der Waals surface area contributed by atoms with Gasteiger partial charge in [-0.25, -0.2) is 0 Å². The summed E-state index contributed by atoms with van der Waals surface area (Å²) in [6.45, 7) is 1.64. The molecule has 4 rings (SSSR count). The van der Waals surface area contributed by atoms with Crippen LogP contribution in [0.1, 0.15) is 22.7 Å². The summed E-state index contributed by atoms with van der Waals surface area (Å²) >= 11 is 0. The first kappa shape index (κ1) is 23.4. The Balaban J connectivity index is 1.42. The topological polar surface area (TPSA) is 64.7 Å². The SMILES string of the molecule is CN(C)c1ccc(C(CNC(=O)C(=O)NCCc2ccccc2)N2CCc3ccccc32)cc1. The Morgan fingerprint density at radius 1 is 0.882 bits per heavy atom. The van der Waals surface area contributed by atoms with E-state index in [1.807, 2.05) is 50.5 Å². The smallest absolute Gasteiger partial charge is 0.309 e. The predicted molar refractivity (Wildman–Crippen MR) is 137 cm³/mol. The molecule has 0 aromatic heterocycles. The summed E-state index contributed by atoms with van der Waals surface area (Å²) in [7, 11) is 4.03. The average Bonchev–Trinajstić information content (AvgIpc) is 3.29. The van der Waals surface area contributed by atoms with Crippen molar-refractivity contribution in [2.75, 3.05) is 43.5 Å². The summed E-state index contributed by atoms with van der Waals surface area (Å²) in [5, 5.41) is 5.60. The van der Waals surface area contributed by atoms with Crippen LogP contribution in [0, 0.1) is 0 Å². The van der Waals surface area contributed by atoms with Gasteiger partial charge in [-0.15, -0.1) is 0 Å². The molecular formula is C28H32N4O2. The van der Waals surface area contributed by atoms with Crippen LogP contribution < -0.4 is 20.4 Å². The molecule has 0 radical (unpaired) electrons. The Kier molecular flexibility index (Phi) is 7.48. The number of hydrogen-bond donors (Lipinski definition) is 2. The number of amides is 2. The second-order valence-electron chi connectivity index (χ2n) is 8.78. The number of nitrogens with one attached hydrogen (secondary N) is 2. The molecule has 0 bridgehead atoms. The van der Waals surface area contributed by atoms with Crippen molar-refractivity contribution < 1.29 is 9.59 Å². The highest BCUT2D eigenvalue weighted by Gasteiger charge is 2.28. The Bertz CT molecular complexity index is 1110. The zero-order chi connectivity index (χ0) is 23.9. The van der Waals surface area contributed by atoms with Gasteiger partial charge in [0.1, 0.15) is 0 Å². The van der Waals surface area contributed by atoms with Crippen LogP contribution in [0.25, 0.3) is 0 Å². The van der Waals surface area contributed by atoms with Crippen molar-refractivity contribution in [3.8, 4) is 0 Å². The summed E-state index contributed by atoms with van der Waals surface area (Å²) in [6.07, 6.45) is 1.65. The molecule has 2 N–H and O–H groups in total. The molecular weight excluding hydrogens is 424 g/mol. The number of carbonyl (C=O) groups is 2. The van der Waals surface area contributed by atoms with Crippen molar-refractivity contribution in [3.05, 3.63) is 95.6 Å². The van der Waals surface area contributed by atoms with E-state index < -0.39 is 11.8 Å². The van der Waals surface area contributed by atoms with Crippen LogP contribution in [0.5, 0.6) is 0 Å². The number of benzene rings is 3. The monoisotopic (exact) mass is 456 g/mol. The lowest BCUT2D eigenvalue weighted by atomic mass is 10.0. The molecule has 0 aliphatic carbocycles. The molecule has 1 atom stereocenters. The molecule has 0 saturated heterocycles. The zero-order valence-electron chi connectivity index (χ0n) is 19.8. The molecule has 3 aromatic carbocycles. The number of anilines is 2. The van der Waals surface area contributed by atoms with E-state index in [0.717, 1.165) is 29.8 Å². The normalized spacial score (nSPS) is 13.2. The largest absolute Gasteiger partial charge is 0.378 e. The summed E-state index contributed by atoms with van der Waals surface area (Å²) in [5.74, 6) is -1.20. The molecule has 1 aliphatic heterocycles. The Hall–Kier alpha value is -3.80. The van der Waals surface area contributed by atoms with E-state index >= 15 is 0 Å². The predicted octanol–water partition coefficient (Wildman–Crippen LogP) is 3.33. The third-order valence-corrected chi connectivity index (χ3v) is 6.30. The minimum Gasteiger partial charge on any atom is -0.378 e. The van der Waals surface area contributed by atoms with Crippen LogP contribution in [-0.4, -0.2) is 45.5 Å². The first-order valence-corrected chi connectivity index (χ1v) is 11.7. The molecule has 176 valence electrons. The van der Waals surface area contributed by atoms with Gasteiger partial charge in [0, 0.05) is 45.1 Å². The molecule has 1 unspecified atom stereocenters. The van der Waals surface area contributed by atoms with Gasteiger partial charge in [0.15, 0.2) is 0 Å². The third-order valence-electron chi connectivity index (χ3n) is 6.30. The number of nitrogens with zero attached hydrogens (tertiary/aromatic N) is 2. The molecule has 2 amide bonds. The fourth-order valence-corrected chi connectivity index (χ4v) is 4.41. The van der Waals surface area contributed by atoms with Gasteiger partial charge in [0.25, 0.3) is 0 Å². The maximum absolute atomic E-state index is 12.6. The maximum Gasteiger partial charge on any atom is 0.309 e. The van der Waals surface area contributed by atoms with Gasteiger partial charge < -0.3 is 20.4 Å². The molecule has 3 aromatic rings. The fraction of sp³-hybridized carbons (Fsp3) is 0.286. The summed E-state index contributed by atoms with van der Waals surface area (Å²) in [6, 6.07) is 26.6.